The quantitative estimate of drug-likeness (QED) is 0.837. The minimum absolute atomic E-state index is 0.149. The van der Waals surface area contributed by atoms with Crippen molar-refractivity contribution < 1.29 is 17.9 Å². The van der Waals surface area contributed by atoms with Gasteiger partial charge in [-0.05, 0) is 37.0 Å². The van der Waals surface area contributed by atoms with Crippen LogP contribution in [0.2, 0.25) is 0 Å². The highest BCUT2D eigenvalue weighted by Gasteiger charge is 2.34. The third-order valence-corrected chi connectivity index (χ3v) is 3.66. The van der Waals surface area contributed by atoms with E-state index in [9.17, 15) is 13.2 Å². The fourth-order valence-corrected chi connectivity index (χ4v) is 2.51. The Morgan fingerprint density at radius 1 is 1.43 bits per heavy atom. The topological polar surface area (TPSA) is 47.3 Å². The maximum absolute atomic E-state index is 13.0. The molecule has 0 amide bonds. The molecule has 1 fully saturated rings. The zero-order valence-corrected chi connectivity index (χ0v) is 12.2. The van der Waals surface area contributed by atoms with E-state index in [2.05, 4.69) is 17.5 Å². The molecule has 0 aromatic heterocycles. The van der Waals surface area contributed by atoms with Crippen LogP contribution in [0, 0.1) is 5.92 Å². The molecule has 3 N–H and O–H groups in total. The van der Waals surface area contributed by atoms with Crippen LogP contribution in [0.3, 0.4) is 0 Å². The summed E-state index contributed by atoms with van der Waals surface area (Å²) in [6, 6.07) is 3.93. The van der Waals surface area contributed by atoms with E-state index in [1.54, 1.807) is 6.07 Å². The second kappa shape index (κ2) is 6.62. The molecule has 2 rings (SSSR count). The third-order valence-electron chi connectivity index (χ3n) is 3.44. The van der Waals surface area contributed by atoms with E-state index in [4.69, 9.17) is 10.5 Å². The van der Waals surface area contributed by atoms with E-state index >= 15 is 0 Å². The molecule has 0 aliphatic carbocycles. The number of ether oxygens (including phenoxy) is 1. The Balaban J connectivity index is 2.11. The first kappa shape index (κ1) is 16.0. The summed E-state index contributed by atoms with van der Waals surface area (Å²) in [4.78, 5) is -0.255. The van der Waals surface area contributed by atoms with Gasteiger partial charge < -0.3 is 15.8 Å². The van der Waals surface area contributed by atoms with Crippen LogP contribution >= 0.6 is 12.2 Å². The lowest BCUT2D eigenvalue weighted by Crippen LogP contribution is -2.24. The van der Waals surface area contributed by atoms with Gasteiger partial charge in [0.1, 0.15) is 4.99 Å². The van der Waals surface area contributed by atoms with E-state index in [1.807, 2.05) is 0 Å². The highest BCUT2D eigenvalue weighted by atomic mass is 32.1. The molecule has 1 saturated heterocycles. The van der Waals surface area contributed by atoms with Gasteiger partial charge in [0.05, 0.1) is 12.2 Å². The smallest absolute Gasteiger partial charge is 0.389 e. The van der Waals surface area contributed by atoms with Crippen LogP contribution in [0.15, 0.2) is 18.2 Å². The molecule has 1 atom stereocenters. The van der Waals surface area contributed by atoms with Gasteiger partial charge in [0.25, 0.3) is 0 Å². The van der Waals surface area contributed by atoms with Crippen molar-refractivity contribution in [3.8, 4) is 0 Å². The maximum atomic E-state index is 13.0. The van der Waals surface area contributed by atoms with E-state index in [0.29, 0.717) is 24.8 Å². The van der Waals surface area contributed by atoms with E-state index in [1.165, 1.54) is 6.07 Å². The van der Waals surface area contributed by atoms with Crippen LogP contribution in [0.4, 0.5) is 18.9 Å². The van der Waals surface area contributed by atoms with Crippen LogP contribution in [0.1, 0.15) is 24.0 Å². The summed E-state index contributed by atoms with van der Waals surface area (Å²) in [7, 11) is 0. The Hall–Kier alpha value is -1.34. The highest BCUT2D eigenvalue weighted by Crippen LogP contribution is 2.34. The second-order valence-corrected chi connectivity index (χ2v) is 5.53. The van der Waals surface area contributed by atoms with Crippen molar-refractivity contribution in [3.05, 3.63) is 29.3 Å². The Morgan fingerprint density at radius 3 is 2.76 bits per heavy atom. The van der Waals surface area contributed by atoms with Gasteiger partial charge in [-0.2, -0.15) is 13.2 Å². The van der Waals surface area contributed by atoms with Crippen molar-refractivity contribution in [2.45, 2.75) is 19.0 Å². The molecule has 1 aromatic carbocycles. The van der Waals surface area contributed by atoms with E-state index < -0.39 is 11.7 Å². The van der Waals surface area contributed by atoms with Crippen LogP contribution in [0.5, 0.6) is 0 Å². The lowest BCUT2D eigenvalue weighted by Gasteiger charge is -2.23. The third kappa shape index (κ3) is 4.31. The zero-order valence-electron chi connectivity index (χ0n) is 11.4. The number of hydrogen-bond donors (Lipinski definition) is 2. The standard InChI is InChI=1S/C14H17F3N2OS/c15-14(16,17)12-6-10(3-4-11(12)13(18)21)19-7-9-2-1-5-20-8-9/h3-4,6,9,19H,1-2,5,7-8H2,(H2,18,21). The van der Waals surface area contributed by atoms with Crippen LogP contribution in [0.25, 0.3) is 0 Å². The van der Waals surface area contributed by atoms with Crippen molar-refractivity contribution in [2.24, 2.45) is 11.7 Å². The first-order chi connectivity index (χ1) is 9.88. The minimum Gasteiger partial charge on any atom is -0.389 e. The Labute approximate surface area is 126 Å². The molecule has 1 aliphatic heterocycles. The van der Waals surface area contributed by atoms with E-state index in [0.717, 1.165) is 25.5 Å². The van der Waals surface area contributed by atoms with Gasteiger partial charge in [-0.25, -0.2) is 0 Å². The number of hydrogen-bond acceptors (Lipinski definition) is 3. The average molecular weight is 318 g/mol. The molecule has 0 radical (unpaired) electrons. The summed E-state index contributed by atoms with van der Waals surface area (Å²) < 4.78 is 44.4. The lowest BCUT2D eigenvalue weighted by atomic mass is 10.0. The monoisotopic (exact) mass is 318 g/mol. The van der Waals surface area contributed by atoms with Gasteiger partial charge >= 0.3 is 6.18 Å². The number of halogens is 3. The number of nitrogens with one attached hydrogen (secondary N) is 1. The van der Waals surface area contributed by atoms with Crippen LogP contribution in [-0.2, 0) is 10.9 Å². The predicted molar refractivity (Wildman–Crippen MR) is 79.4 cm³/mol. The number of benzene rings is 1. The number of thiocarbonyl (C=S) groups is 1. The van der Waals surface area contributed by atoms with Crippen molar-refractivity contribution in [3.63, 3.8) is 0 Å². The highest BCUT2D eigenvalue weighted by molar-refractivity contribution is 7.80. The lowest BCUT2D eigenvalue weighted by molar-refractivity contribution is -0.137. The molecular weight excluding hydrogens is 301 g/mol. The zero-order chi connectivity index (χ0) is 15.5. The number of alkyl halides is 3. The summed E-state index contributed by atoms with van der Waals surface area (Å²) in [6.07, 6.45) is -2.48. The normalized spacial score (nSPS) is 19.3. The van der Waals surface area contributed by atoms with Gasteiger partial charge in [-0.3, -0.25) is 0 Å². The van der Waals surface area contributed by atoms with Crippen molar-refractivity contribution in [1.82, 2.24) is 0 Å². The SMILES string of the molecule is NC(=S)c1ccc(NCC2CCCOC2)cc1C(F)(F)F. The molecule has 7 heteroatoms. The first-order valence-corrected chi connectivity index (χ1v) is 7.11. The van der Waals surface area contributed by atoms with Crippen molar-refractivity contribution >= 4 is 22.9 Å². The van der Waals surface area contributed by atoms with Gasteiger partial charge in [-0.1, -0.05) is 12.2 Å². The molecule has 0 saturated carbocycles. The molecule has 0 bridgehead atoms. The molecular formula is C14H17F3N2OS. The molecule has 1 aromatic rings. The first-order valence-electron chi connectivity index (χ1n) is 6.70. The van der Waals surface area contributed by atoms with Gasteiger partial charge in [-0.15, -0.1) is 0 Å². The molecule has 116 valence electrons. The summed E-state index contributed by atoms with van der Waals surface area (Å²) in [5, 5.41) is 3.03. The molecule has 3 nitrogen and oxygen atoms in total. The van der Waals surface area contributed by atoms with Crippen molar-refractivity contribution in [2.75, 3.05) is 25.1 Å². The Bertz CT molecular complexity index is 513. The summed E-state index contributed by atoms with van der Waals surface area (Å²) in [5.41, 5.74) is 4.80. The largest absolute Gasteiger partial charge is 0.417 e. The fraction of sp³-hybridized carbons (Fsp3) is 0.500. The molecule has 1 heterocycles. The minimum atomic E-state index is -4.48. The molecule has 21 heavy (non-hydrogen) atoms. The Morgan fingerprint density at radius 2 is 2.19 bits per heavy atom. The van der Waals surface area contributed by atoms with Crippen molar-refractivity contribution in [1.29, 1.82) is 0 Å². The van der Waals surface area contributed by atoms with Crippen LogP contribution < -0.4 is 11.1 Å². The summed E-state index contributed by atoms with van der Waals surface area (Å²) >= 11 is 4.67. The second-order valence-electron chi connectivity index (χ2n) is 5.09. The number of rotatable bonds is 4. The average Bonchev–Trinajstić information content (AvgIpc) is 2.45. The predicted octanol–water partition coefficient (Wildman–Crippen LogP) is 3.18. The fourth-order valence-electron chi connectivity index (χ4n) is 2.33. The van der Waals surface area contributed by atoms with Crippen LogP contribution in [-0.4, -0.2) is 24.7 Å². The summed E-state index contributed by atoms with van der Waals surface area (Å²) in [6.45, 7) is 1.99. The van der Waals surface area contributed by atoms with Gasteiger partial charge in [0, 0.05) is 24.4 Å². The molecule has 0 spiro atoms. The molecule has 1 aliphatic rings. The molecule has 1 unspecified atom stereocenters. The van der Waals surface area contributed by atoms with Gasteiger partial charge in [0.2, 0.25) is 0 Å². The number of anilines is 1. The Kier molecular flexibility index (Phi) is 5.05. The summed E-state index contributed by atoms with van der Waals surface area (Å²) in [5.74, 6) is 0.323. The van der Waals surface area contributed by atoms with E-state index in [-0.39, 0.29) is 10.6 Å². The number of nitrogens with two attached hydrogens (primary N) is 1. The van der Waals surface area contributed by atoms with Gasteiger partial charge in [0.15, 0.2) is 0 Å². The maximum Gasteiger partial charge on any atom is 0.417 e.